The maximum atomic E-state index is 8.92. The van der Waals surface area contributed by atoms with Crippen LogP contribution in [0.1, 0.15) is 17.0 Å². The molecule has 98 valence electrons. The minimum absolute atomic E-state index is 0.0872. The number of aryl methyl sites for hydroxylation is 2. The summed E-state index contributed by atoms with van der Waals surface area (Å²) >= 11 is 0. The van der Waals surface area contributed by atoms with E-state index in [1.807, 2.05) is 19.1 Å². The second kappa shape index (κ2) is 4.53. The lowest BCUT2D eigenvalue weighted by molar-refractivity contribution is 0.619. The van der Waals surface area contributed by atoms with Gasteiger partial charge in [0.05, 0.1) is 11.0 Å². The highest BCUT2D eigenvalue weighted by Crippen LogP contribution is 2.28. The molecule has 0 spiro atoms. The molecule has 1 fully saturated rings. The molecule has 0 radical (unpaired) electrons. The second-order valence-corrected chi connectivity index (χ2v) is 4.77. The summed E-state index contributed by atoms with van der Waals surface area (Å²) in [7, 11) is 0. The van der Waals surface area contributed by atoms with Crippen molar-refractivity contribution in [1.29, 1.82) is 5.26 Å². The van der Waals surface area contributed by atoms with Gasteiger partial charge in [0.2, 0.25) is 5.82 Å². The number of aromatic nitrogens is 2. The fourth-order valence-corrected chi connectivity index (χ4v) is 2.51. The van der Waals surface area contributed by atoms with Gasteiger partial charge in [0.1, 0.15) is 12.4 Å². The van der Waals surface area contributed by atoms with Gasteiger partial charge in [0.25, 0.3) is 0 Å². The number of benzene rings is 1. The zero-order chi connectivity index (χ0) is 13.4. The van der Waals surface area contributed by atoms with Gasteiger partial charge in [-0.25, -0.2) is 4.98 Å². The van der Waals surface area contributed by atoms with Crippen LogP contribution in [0.15, 0.2) is 6.07 Å². The first kappa shape index (κ1) is 12.0. The molecule has 0 aliphatic carbocycles. The largest absolute Gasteiger partial charge is 0.357 e. The number of nitrogens with one attached hydrogen (secondary N) is 4. The number of nitrogens with zero attached hydrogens (tertiary/aromatic N) is 2. The third kappa shape index (κ3) is 2.03. The quantitative estimate of drug-likeness (QED) is 0.642. The van der Waals surface area contributed by atoms with Crippen molar-refractivity contribution < 1.29 is 0 Å². The van der Waals surface area contributed by atoms with E-state index >= 15 is 0 Å². The van der Waals surface area contributed by atoms with E-state index in [0.29, 0.717) is 5.82 Å². The molecule has 2 heterocycles. The average Bonchev–Trinajstić information content (AvgIpc) is 3.03. The molecule has 1 saturated heterocycles. The number of hydrogen-bond donors (Lipinski definition) is 4. The summed E-state index contributed by atoms with van der Waals surface area (Å²) in [6.45, 7) is 5.99. The van der Waals surface area contributed by atoms with Gasteiger partial charge in [0, 0.05) is 24.3 Å². The van der Waals surface area contributed by atoms with Crippen molar-refractivity contribution in [3.05, 3.63) is 23.0 Å². The van der Waals surface area contributed by atoms with E-state index in [4.69, 9.17) is 5.26 Å². The van der Waals surface area contributed by atoms with E-state index < -0.39 is 0 Å². The van der Waals surface area contributed by atoms with Gasteiger partial charge in [0.15, 0.2) is 0 Å². The summed E-state index contributed by atoms with van der Waals surface area (Å²) in [5.41, 5.74) is 5.01. The molecule has 6 nitrogen and oxygen atoms in total. The number of rotatable bonds is 2. The van der Waals surface area contributed by atoms with Gasteiger partial charge in [-0.2, -0.15) is 5.26 Å². The first-order chi connectivity index (χ1) is 9.19. The molecule has 2 aromatic rings. The number of anilines is 1. The number of hydrogen-bond acceptors (Lipinski definition) is 5. The molecule has 1 aliphatic heterocycles. The first-order valence-corrected chi connectivity index (χ1v) is 6.32. The lowest BCUT2D eigenvalue weighted by atomic mass is 10.1. The van der Waals surface area contributed by atoms with Crippen LogP contribution in [0.5, 0.6) is 0 Å². The summed E-state index contributed by atoms with van der Waals surface area (Å²) in [6, 6.07) is 4.07. The van der Waals surface area contributed by atoms with Crippen LogP contribution in [-0.2, 0) is 0 Å². The van der Waals surface area contributed by atoms with E-state index in [1.165, 1.54) is 0 Å². The minimum Gasteiger partial charge on any atom is -0.357 e. The smallest absolute Gasteiger partial charge is 0.211 e. The summed E-state index contributed by atoms with van der Waals surface area (Å²) in [5.74, 6) is 0.353. The second-order valence-electron chi connectivity index (χ2n) is 4.77. The SMILES string of the molecule is Cc1cc2[nH]c(C#N)nc2c(C)c1NC1NCCN1. The Morgan fingerprint density at radius 2 is 2.11 bits per heavy atom. The van der Waals surface area contributed by atoms with Gasteiger partial charge in [-0.05, 0) is 25.5 Å². The molecule has 1 aromatic carbocycles. The Kier molecular flexibility index (Phi) is 2.85. The van der Waals surface area contributed by atoms with E-state index in [1.54, 1.807) is 0 Å². The van der Waals surface area contributed by atoms with Gasteiger partial charge in [-0.1, -0.05) is 0 Å². The molecular formula is C13H16N6. The Hall–Kier alpha value is -2.10. The maximum Gasteiger partial charge on any atom is 0.211 e. The molecule has 0 unspecified atom stereocenters. The molecule has 0 bridgehead atoms. The molecule has 1 aliphatic rings. The normalized spacial score (nSPS) is 15.8. The van der Waals surface area contributed by atoms with Gasteiger partial charge >= 0.3 is 0 Å². The molecule has 0 saturated carbocycles. The zero-order valence-electron chi connectivity index (χ0n) is 11.0. The fourth-order valence-electron chi connectivity index (χ4n) is 2.51. The van der Waals surface area contributed by atoms with Gasteiger partial charge in [-0.3, -0.25) is 10.6 Å². The number of fused-ring (bicyclic) bond motifs is 1. The molecule has 6 heteroatoms. The van der Waals surface area contributed by atoms with Crippen LogP contribution in [-0.4, -0.2) is 29.3 Å². The van der Waals surface area contributed by atoms with Crippen molar-refractivity contribution in [2.45, 2.75) is 20.1 Å². The molecule has 0 amide bonds. The van der Waals surface area contributed by atoms with Crippen molar-refractivity contribution >= 4 is 16.7 Å². The van der Waals surface area contributed by atoms with Crippen molar-refractivity contribution in [2.24, 2.45) is 0 Å². The highest BCUT2D eigenvalue weighted by Gasteiger charge is 2.17. The predicted molar refractivity (Wildman–Crippen MR) is 73.7 cm³/mol. The lowest BCUT2D eigenvalue weighted by Crippen LogP contribution is -2.39. The summed E-state index contributed by atoms with van der Waals surface area (Å²) in [4.78, 5) is 7.33. The molecule has 3 rings (SSSR count). The van der Waals surface area contributed by atoms with Gasteiger partial charge < -0.3 is 10.3 Å². The molecule has 1 aromatic heterocycles. The monoisotopic (exact) mass is 256 g/mol. The van der Waals surface area contributed by atoms with Gasteiger partial charge in [-0.15, -0.1) is 0 Å². The molecule has 4 N–H and O–H groups in total. The Morgan fingerprint density at radius 3 is 2.79 bits per heavy atom. The van der Waals surface area contributed by atoms with Crippen LogP contribution in [0.3, 0.4) is 0 Å². The van der Waals surface area contributed by atoms with Crippen molar-refractivity contribution in [2.75, 3.05) is 18.4 Å². The van der Waals surface area contributed by atoms with Crippen LogP contribution < -0.4 is 16.0 Å². The number of H-pyrrole nitrogens is 1. The number of imidazole rings is 1. The highest BCUT2D eigenvalue weighted by atomic mass is 15.3. The fraction of sp³-hybridized carbons (Fsp3) is 0.385. The first-order valence-electron chi connectivity index (χ1n) is 6.32. The van der Waals surface area contributed by atoms with Crippen LogP contribution in [0.2, 0.25) is 0 Å². The van der Waals surface area contributed by atoms with Crippen LogP contribution in [0.25, 0.3) is 11.0 Å². The number of nitriles is 1. The summed E-state index contributed by atoms with van der Waals surface area (Å²) < 4.78 is 0. The van der Waals surface area contributed by atoms with Crippen molar-refractivity contribution in [3.8, 4) is 6.07 Å². The Bertz CT molecular complexity index is 660. The van der Waals surface area contributed by atoms with E-state index in [-0.39, 0.29) is 6.29 Å². The van der Waals surface area contributed by atoms with Crippen LogP contribution in [0.4, 0.5) is 5.69 Å². The lowest BCUT2D eigenvalue weighted by Gasteiger charge is -2.18. The van der Waals surface area contributed by atoms with E-state index in [2.05, 4.69) is 32.8 Å². The molecular weight excluding hydrogens is 240 g/mol. The van der Waals surface area contributed by atoms with Crippen molar-refractivity contribution in [1.82, 2.24) is 20.6 Å². The zero-order valence-corrected chi connectivity index (χ0v) is 11.0. The third-order valence-corrected chi connectivity index (χ3v) is 3.43. The Labute approximate surface area is 111 Å². The maximum absolute atomic E-state index is 8.92. The number of aromatic amines is 1. The standard InChI is InChI=1S/C13H16N6/c1-7-5-9-12(18-10(6-14)17-9)8(2)11(7)19-13-15-3-4-16-13/h5,13,15-16,19H,3-4H2,1-2H3,(H,17,18). The van der Waals surface area contributed by atoms with E-state index in [9.17, 15) is 0 Å². The predicted octanol–water partition coefficient (Wildman–Crippen LogP) is 0.940. The average molecular weight is 256 g/mol. The van der Waals surface area contributed by atoms with Crippen LogP contribution >= 0.6 is 0 Å². The summed E-state index contributed by atoms with van der Waals surface area (Å²) in [6.07, 6.45) is 0.0872. The Balaban J connectivity index is 2.05. The highest BCUT2D eigenvalue weighted by molar-refractivity contribution is 5.86. The Morgan fingerprint density at radius 1 is 1.37 bits per heavy atom. The molecule has 0 atom stereocenters. The summed E-state index contributed by atoms with van der Waals surface area (Å²) in [5, 5.41) is 19.0. The van der Waals surface area contributed by atoms with Crippen LogP contribution in [0, 0.1) is 25.2 Å². The third-order valence-electron chi connectivity index (χ3n) is 3.43. The van der Waals surface area contributed by atoms with Crippen molar-refractivity contribution in [3.63, 3.8) is 0 Å². The minimum atomic E-state index is 0.0872. The van der Waals surface area contributed by atoms with E-state index in [0.717, 1.165) is 40.9 Å². The molecule has 19 heavy (non-hydrogen) atoms. The topological polar surface area (TPSA) is 88.6 Å².